The van der Waals surface area contributed by atoms with E-state index in [-0.39, 0.29) is 23.0 Å². The van der Waals surface area contributed by atoms with Crippen molar-refractivity contribution in [2.24, 2.45) is 5.73 Å². The Morgan fingerprint density at radius 1 is 1.32 bits per heavy atom. The van der Waals surface area contributed by atoms with E-state index in [1.165, 1.54) is 19.2 Å². The van der Waals surface area contributed by atoms with Gasteiger partial charge in [-0.3, -0.25) is 0 Å². The topological polar surface area (TPSA) is 83.4 Å². The van der Waals surface area contributed by atoms with E-state index in [0.29, 0.717) is 17.3 Å². The SMILES string of the molecule is COc1cc(-c2noc(C3CCCCC3(C)N)n2)ccc1OC(F)F. The van der Waals surface area contributed by atoms with Crippen LogP contribution in [-0.2, 0) is 0 Å². The van der Waals surface area contributed by atoms with Crippen molar-refractivity contribution in [1.29, 1.82) is 0 Å². The van der Waals surface area contributed by atoms with Gasteiger partial charge >= 0.3 is 6.61 Å². The van der Waals surface area contributed by atoms with E-state index in [1.54, 1.807) is 6.07 Å². The van der Waals surface area contributed by atoms with Gasteiger partial charge in [-0.2, -0.15) is 13.8 Å². The molecule has 0 spiro atoms. The van der Waals surface area contributed by atoms with Crippen LogP contribution in [0.2, 0.25) is 0 Å². The number of alkyl halides is 2. The standard InChI is InChI=1S/C17H21F2N3O3/c1-17(20)8-4-3-5-11(17)15-21-14(22-25-15)10-6-7-12(24-16(18)19)13(9-10)23-2/h6-7,9,11,16H,3-5,8,20H2,1-2H3. The Morgan fingerprint density at radius 2 is 2.12 bits per heavy atom. The maximum Gasteiger partial charge on any atom is 0.387 e. The van der Waals surface area contributed by atoms with Crippen LogP contribution in [0, 0.1) is 0 Å². The average molecular weight is 353 g/mol. The monoisotopic (exact) mass is 353 g/mol. The largest absolute Gasteiger partial charge is 0.493 e. The molecular formula is C17H21F2N3O3. The van der Waals surface area contributed by atoms with Crippen LogP contribution >= 0.6 is 0 Å². The van der Waals surface area contributed by atoms with Gasteiger partial charge in [0.25, 0.3) is 0 Å². The predicted molar refractivity (Wildman–Crippen MR) is 86.7 cm³/mol. The summed E-state index contributed by atoms with van der Waals surface area (Å²) in [6.45, 7) is -0.926. The van der Waals surface area contributed by atoms with Crippen LogP contribution in [-0.4, -0.2) is 29.4 Å². The number of nitrogens with zero attached hydrogens (tertiary/aromatic N) is 2. The summed E-state index contributed by atoms with van der Waals surface area (Å²) in [4.78, 5) is 4.46. The summed E-state index contributed by atoms with van der Waals surface area (Å²) >= 11 is 0. The zero-order chi connectivity index (χ0) is 18.0. The Hall–Kier alpha value is -2.22. The summed E-state index contributed by atoms with van der Waals surface area (Å²) < 4.78 is 39.8. The molecule has 0 saturated heterocycles. The van der Waals surface area contributed by atoms with Crippen LogP contribution in [0.4, 0.5) is 8.78 Å². The number of ether oxygens (including phenoxy) is 2. The third-order valence-electron chi connectivity index (χ3n) is 4.63. The van der Waals surface area contributed by atoms with Crippen molar-refractivity contribution >= 4 is 0 Å². The molecule has 1 aromatic heterocycles. The van der Waals surface area contributed by atoms with Crippen LogP contribution < -0.4 is 15.2 Å². The van der Waals surface area contributed by atoms with E-state index in [2.05, 4.69) is 14.9 Å². The summed E-state index contributed by atoms with van der Waals surface area (Å²) in [6.07, 6.45) is 3.97. The highest BCUT2D eigenvalue weighted by molar-refractivity contribution is 5.60. The minimum absolute atomic E-state index is 0.00540. The summed E-state index contributed by atoms with van der Waals surface area (Å²) in [6, 6.07) is 4.51. The molecule has 0 bridgehead atoms. The number of nitrogens with two attached hydrogens (primary N) is 1. The minimum atomic E-state index is -2.93. The number of halogens is 2. The van der Waals surface area contributed by atoms with E-state index >= 15 is 0 Å². The van der Waals surface area contributed by atoms with Crippen molar-refractivity contribution in [2.45, 2.75) is 50.7 Å². The summed E-state index contributed by atoms with van der Waals surface area (Å²) in [5, 5.41) is 4.01. The molecule has 2 unspecified atom stereocenters. The molecule has 1 aromatic carbocycles. The smallest absolute Gasteiger partial charge is 0.387 e. The maximum atomic E-state index is 12.4. The van der Waals surface area contributed by atoms with E-state index in [0.717, 1.165) is 25.7 Å². The van der Waals surface area contributed by atoms with Crippen molar-refractivity contribution in [1.82, 2.24) is 10.1 Å². The van der Waals surface area contributed by atoms with Gasteiger partial charge in [0, 0.05) is 11.1 Å². The lowest BCUT2D eigenvalue weighted by atomic mass is 9.74. The Bertz CT molecular complexity index is 734. The molecule has 6 nitrogen and oxygen atoms in total. The minimum Gasteiger partial charge on any atom is -0.493 e. The molecule has 0 amide bonds. The molecule has 2 N–H and O–H groups in total. The molecular weight excluding hydrogens is 332 g/mol. The number of hydrogen-bond donors (Lipinski definition) is 1. The van der Waals surface area contributed by atoms with Gasteiger partial charge in [0.05, 0.1) is 13.0 Å². The molecule has 0 aliphatic heterocycles. The molecule has 1 fully saturated rings. The number of methoxy groups -OCH3 is 1. The van der Waals surface area contributed by atoms with Gasteiger partial charge in [-0.05, 0) is 38.0 Å². The molecule has 1 heterocycles. The van der Waals surface area contributed by atoms with Gasteiger partial charge in [-0.15, -0.1) is 0 Å². The Kier molecular flexibility index (Phi) is 4.89. The molecule has 1 saturated carbocycles. The first-order valence-corrected chi connectivity index (χ1v) is 8.16. The highest BCUT2D eigenvalue weighted by Gasteiger charge is 2.37. The molecule has 3 rings (SSSR count). The maximum absolute atomic E-state index is 12.4. The first-order chi connectivity index (χ1) is 11.9. The Labute approximate surface area is 144 Å². The highest BCUT2D eigenvalue weighted by Crippen LogP contribution is 2.39. The van der Waals surface area contributed by atoms with Crippen LogP contribution in [0.3, 0.4) is 0 Å². The fraction of sp³-hybridized carbons (Fsp3) is 0.529. The normalized spacial score (nSPS) is 23.7. The quantitative estimate of drug-likeness (QED) is 0.882. The van der Waals surface area contributed by atoms with E-state index in [1.807, 2.05) is 6.92 Å². The summed E-state index contributed by atoms with van der Waals surface area (Å²) in [5.74, 6) is 0.993. The lowest BCUT2D eigenvalue weighted by Gasteiger charge is -2.35. The summed E-state index contributed by atoms with van der Waals surface area (Å²) in [7, 11) is 1.38. The lowest BCUT2D eigenvalue weighted by Crippen LogP contribution is -2.44. The fourth-order valence-electron chi connectivity index (χ4n) is 3.26. The molecule has 1 aliphatic rings. The second kappa shape index (κ2) is 6.95. The molecule has 2 aromatic rings. The van der Waals surface area contributed by atoms with Crippen molar-refractivity contribution in [3.05, 3.63) is 24.1 Å². The Balaban J connectivity index is 1.87. The molecule has 2 atom stereocenters. The van der Waals surface area contributed by atoms with Crippen molar-refractivity contribution in [2.75, 3.05) is 7.11 Å². The number of benzene rings is 1. The van der Waals surface area contributed by atoms with Crippen molar-refractivity contribution < 1.29 is 22.8 Å². The summed E-state index contributed by atoms with van der Waals surface area (Å²) in [5.41, 5.74) is 6.58. The first-order valence-electron chi connectivity index (χ1n) is 8.16. The Morgan fingerprint density at radius 3 is 2.80 bits per heavy atom. The van der Waals surface area contributed by atoms with Crippen molar-refractivity contribution in [3.8, 4) is 22.9 Å². The second-order valence-corrected chi connectivity index (χ2v) is 6.50. The van der Waals surface area contributed by atoms with E-state index < -0.39 is 6.61 Å². The highest BCUT2D eigenvalue weighted by atomic mass is 19.3. The molecule has 136 valence electrons. The van der Waals surface area contributed by atoms with Gasteiger partial charge in [0.1, 0.15) is 0 Å². The molecule has 25 heavy (non-hydrogen) atoms. The average Bonchev–Trinajstić information content (AvgIpc) is 3.04. The van der Waals surface area contributed by atoms with E-state index in [4.69, 9.17) is 15.0 Å². The second-order valence-electron chi connectivity index (χ2n) is 6.50. The first kappa shape index (κ1) is 17.6. The lowest BCUT2D eigenvalue weighted by molar-refractivity contribution is -0.0512. The van der Waals surface area contributed by atoms with E-state index in [9.17, 15) is 8.78 Å². The van der Waals surface area contributed by atoms with Crippen LogP contribution in [0.5, 0.6) is 11.5 Å². The van der Waals surface area contributed by atoms with Crippen LogP contribution in [0.1, 0.15) is 44.4 Å². The van der Waals surface area contributed by atoms with Gasteiger partial charge in [0.2, 0.25) is 11.7 Å². The fourth-order valence-corrected chi connectivity index (χ4v) is 3.26. The van der Waals surface area contributed by atoms with Gasteiger partial charge in [0.15, 0.2) is 11.5 Å². The molecule has 8 heteroatoms. The number of hydrogen-bond acceptors (Lipinski definition) is 6. The zero-order valence-electron chi connectivity index (χ0n) is 14.2. The number of aromatic nitrogens is 2. The van der Waals surface area contributed by atoms with Gasteiger partial charge in [-0.25, -0.2) is 0 Å². The third-order valence-corrected chi connectivity index (χ3v) is 4.63. The van der Waals surface area contributed by atoms with Gasteiger partial charge < -0.3 is 19.7 Å². The van der Waals surface area contributed by atoms with Crippen LogP contribution in [0.25, 0.3) is 11.4 Å². The van der Waals surface area contributed by atoms with Crippen molar-refractivity contribution in [3.63, 3.8) is 0 Å². The third kappa shape index (κ3) is 3.73. The predicted octanol–water partition coefficient (Wildman–Crippen LogP) is 3.72. The van der Waals surface area contributed by atoms with Gasteiger partial charge in [-0.1, -0.05) is 18.0 Å². The van der Waals surface area contributed by atoms with Crippen LogP contribution in [0.15, 0.2) is 22.7 Å². The number of rotatable bonds is 5. The molecule has 1 aliphatic carbocycles. The zero-order valence-corrected chi connectivity index (χ0v) is 14.2. The molecule has 0 radical (unpaired) electrons.